The molecule has 45 heavy (non-hydrogen) atoms. The monoisotopic (exact) mass is 781 g/mol. The zero-order valence-electron chi connectivity index (χ0n) is 28.8. The maximum atomic E-state index is 11.2. The molecule has 4 aromatic rings. The molecule has 241 valence electrons. The first-order valence-electron chi connectivity index (χ1n) is 16.2. The summed E-state index contributed by atoms with van der Waals surface area (Å²) in [5, 5.41) is 10.6. The number of carbonyl (C=O) groups is 1. The van der Waals surface area contributed by atoms with Gasteiger partial charge in [-0.1, -0.05) is 99.6 Å². The van der Waals surface area contributed by atoms with Crippen molar-refractivity contribution in [2.24, 2.45) is 17.8 Å². The average molecular weight is 781 g/mol. The summed E-state index contributed by atoms with van der Waals surface area (Å²) < 4.78 is 0. The van der Waals surface area contributed by atoms with Crippen LogP contribution in [0, 0.1) is 37.7 Å². The first-order chi connectivity index (χ1) is 20.6. The van der Waals surface area contributed by atoms with Gasteiger partial charge in [-0.3, -0.25) is 9.78 Å². The molecule has 3 nitrogen and oxygen atoms in total. The van der Waals surface area contributed by atoms with Gasteiger partial charge in [0.15, 0.2) is 5.78 Å². The number of aromatic nitrogens is 1. The van der Waals surface area contributed by atoms with Crippen molar-refractivity contribution in [2.75, 3.05) is 0 Å². The maximum absolute atomic E-state index is 11.2. The molecule has 1 aromatic heterocycles. The molecular weight excluding hydrogens is 731 g/mol. The molecule has 1 aliphatic carbocycles. The molecule has 0 bridgehead atoms. The summed E-state index contributed by atoms with van der Waals surface area (Å²) in [4.78, 5) is 16.4. The van der Waals surface area contributed by atoms with Gasteiger partial charge in [0.2, 0.25) is 0 Å². The average Bonchev–Trinajstić information content (AvgIpc) is 3.12. The zero-order chi connectivity index (χ0) is 32.3. The Hall–Kier alpha value is -3.07. The summed E-state index contributed by atoms with van der Waals surface area (Å²) in [5.41, 5.74) is 12.5. The van der Waals surface area contributed by atoms with Crippen LogP contribution in [0.3, 0.4) is 0 Å². The standard InChI is InChI=1S/C30H30N.C11H20O2.Ir/c1-18(2)11-21-15-28(22-13-19(3)12-20(4)14-22)31-29-17-27-25(16-24(21)29)23-9-7-8-10-26(23)30(27,5)6;1-8(2)5-10(12)7-11(13)6-9(3)4;/h7-10,12-13,15-18H,11H2,1-6H3;7-9,12H,5-6H2,1-4H3;/q-1;;/b;10-7-;. The van der Waals surface area contributed by atoms with Gasteiger partial charge in [0, 0.05) is 49.8 Å². The molecule has 0 amide bonds. The molecule has 3 aromatic carbocycles. The minimum Gasteiger partial charge on any atom is -0.512 e. The number of nitrogens with zero attached hydrogens (tertiary/aromatic N) is 1. The van der Waals surface area contributed by atoms with Gasteiger partial charge in [0.05, 0.1) is 11.3 Å². The van der Waals surface area contributed by atoms with Crippen LogP contribution in [-0.4, -0.2) is 15.9 Å². The number of carbonyl (C=O) groups excluding carboxylic acids is 1. The number of aryl methyl sites for hydroxylation is 2. The minimum atomic E-state index is -0.0118. The fraction of sp³-hybridized carbons (Fsp3) is 0.415. The third kappa shape index (κ3) is 8.81. The number of ketones is 1. The van der Waals surface area contributed by atoms with E-state index in [1.165, 1.54) is 44.8 Å². The smallest absolute Gasteiger partial charge is 0.159 e. The molecular formula is C41H50IrNO2-. The predicted octanol–water partition coefficient (Wildman–Crippen LogP) is 10.9. The first-order valence-corrected chi connectivity index (χ1v) is 16.2. The van der Waals surface area contributed by atoms with Crippen LogP contribution in [0.15, 0.2) is 66.4 Å². The van der Waals surface area contributed by atoms with Gasteiger partial charge in [0.1, 0.15) is 0 Å². The number of hydrogen-bond acceptors (Lipinski definition) is 3. The molecule has 0 saturated carbocycles. The van der Waals surface area contributed by atoms with Crippen LogP contribution in [0.4, 0.5) is 0 Å². The van der Waals surface area contributed by atoms with E-state index in [9.17, 15) is 9.90 Å². The molecule has 0 fully saturated rings. The second kappa shape index (κ2) is 15.0. The molecule has 1 heterocycles. The number of hydrogen-bond donors (Lipinski definition) is 1. The Morgan fingerprint density at radius 1 is 0.867 bits per heavy atom. The van der Waals surface area contributed by atoms with Gasteiger partial charge in [0.25, 0.3) is 0 Å². The molecule has 0 spiro atoms. The van der Waals surface area contributed by atoms with Crippen molar-refractivity contribution in [3.8, 4) is 22.4 Å². The third-order valence-corrected chi connectivity index (χ3v) is 8.20. The van der Waals surface area contributed by atoms with Crippen LogP contribution in [0.2, 0.25) is 0 Å². The van der Waals surface area contributed by atoms with Crippen molar-refractivity contribution in [1.29, 1.82) is 0 Å². The summed E-state index contributed by atoms with van der Waals surface area (Å²) in [6.07, 6.45) is 3.51. The first kappa shape index (κ1) is 36.4. The van der Waals surface area contributed by atoms with Gasteiger partial charge in [-0.05, 0) is 69.8 Å². The normalized spacial score (nSPS) is 13.4. The predicted molar refractivity (Wildman–Crippen MR) is 186 cm³/mol. The van der Waals surface area contributed by atoms with Crippen molar-refractivity contribution in [3.63, 3.8) is 0 Å². The Morgan fingerprint density at radius 2 is 1.53 bits per heavy atom. The number of allylic oxidation sites excluding steroid dienone is 2. The van der Waals surface area contributed by atoms with E-state index in [2.05, 4.69) is 102 Å². The minimum absolute atomic E-state index is 0. The fourth-order valence-electron chi connectivity index (χ4n) is 6.40. The Morgan fingerprint density at radius 3 is 2.16 bits per heavy atom. The van der Waals surface area contributed by atoms with E-state index in [1.54, 1.807) is 0 Å². The summed E-state index contributed by atoms with van der Waals surface area (Å²) in [6, 6.07) is 23.8. The second-order valence-electron chi connectivity index (χ2n) is 14.4. The van der Waals surface area contributed by atoms with Crippen LogP contribution in [0.1, 0.15) is 96.0 Å². The summed E-state index contributed by atoms with van der Waals surface area (Å²) in [5.74, 6) is 1.56. The van der Waals surface area contributed by atoms with E-state index in [1.807, 2.05) is 27.7 Å². The zero-order valence-corrected chi connectivity index (χ0v) is 31.2. The van der Waals surface area contributed by atoms with Crippen LogP contribution >= 0.6 is 0 Å². The Bertz CT molecular complexity index is 1670. The van der Waals surface area contributed by atoms with Crippen LogP contribution in [-0.2, 0) is 36.7 Å². The van der Waals surface area contributed by atoms with Gasteiger partial charge in [-0.25, -0.2) is 0 Å². The summed E-state index contributed by atoms with van der Waals surface area (Å²) in [6.45, 7) is 21.5. The third-order valence-electron chi connectivity index (χ3n) is 8.20. The molecule has 5 rings (SSSR count). The number of rotatable bonds is 8. The number of aliphatic hydroxyl groups is 1. The number of pyridine rings is 1. The molecule has 4 heteroatoms. The molecule has 0 saturated heterocycles. The van der Waals surface area contributed by atoms with E-state index in [-0.39, 0.29) is 37.1 Å². The van der Waals surface area contributed by atoms with Gasteiger partial charge in [-0.15, -0.1) is 34.9 Å². The maximum Gasteiger partial charge on any atom is 0.159 e. The fourth-order valence-corrected chi connectivity index (χ4v) is 6.40. The van der Waals surface area contributed by atoms with Gasteiger partial charge in [-0.2, -0.15) is 0 Å². The summed E-state index contributed by atoms with van der Waals surface area (Å²) in [7, 11) is 0. The van der Waals surface area contributed by atoms with E-state index < -0.39 is 0 Å². The van der Waals surface area contributed by atoms with Gasteiger partial charge < -0.3 is 5.11 Å². The topological polar surface area (TPSA) is 50.2 Å². The SMILES string of the molecule is CC(C)CC(=O)/C=C(\O)CC(C)C.Cc1[c-]c(-c2cc(CC(C)C)c3cc4c(cc3n2)C(C)(C)c2ccccc2-4)cc(C)c1.[Ir]. The second-order valence-corrected chi connectivity index (χ2v) is 14.4. The van der Waals surface area contributed by atoms with Crippen molar-refractivity contribution in [3.05, 3.63) is 100 Å². The van der Waals surface area contributed by atoms with Gasteiger partial charge >= 0.3 is 0 Å². The Balaban J connectivity index is 0.000000338. The van der Waals surface area contributed by atoms with E-state index >= 15 is 0 Å². The molecule has 0 unspecified atom stereocenters. The van der Waals surface area contributed by atoms with Crippen molar-refractivity contribution >= 4 is 16.7 Å². The van der Waals surface area contributed by atoms with Crippen molar-refractivity contribution in [1.82, 2.24) is 4.98 Å². The van der Waals surface area contributed by atoms with E-state index in [0.29, 0.717) is 30.6 Å². The quantitative estimate of drug-likeness (QED) is 0.110. The van der Waals surface area contributed by atoms with Crippen molar-refractivity contribution in [2.45, 2.75) is 93.9 Å². The Labute approximate surface area is 284 Å². The number of aliphatic hydroxyl groups excluding tert-OH is 1. The number of fused-ring (bicyclic) bond motifs is 4. The molecule has 1 aliphatic rings. The molecule has 0 aliphatic heterocycles. The summed E-state index contributed by atoms with van der Waals surface area (Å²) >= 11 is 0. The molecule has 1 N–H and O–H groups in total. The van der Waals surface area contributed by atoms with Crippen LogP contribution < -0.4 is 0 Å². The van der Waals surface area contributed by atoms with Crippen LogP contribution in [0.25, 0.3) is 33.3 Å². The van der Waals surface area contributed by atoms with Crippen molar-refractivity contribution < 1.29 is 30.0 Å². The molecule has 1 radical (unpaired) electrons. The Kier molecular flexibility index (Phi) is 12.1. The number of benzene rings is 3. The van der Waals surface area contributed by atoms with E-state index in [0.717, 1.165) is 28.8 Å². The van der Waals surface area contributed by atoms with Crippen LogP contribution in [0.5, 0.6) is 0 Å². The van der Waals surface area contributed by atoms with E-state index in [4.69, 9.17) is 4.98 Å². The molecule has 0 atom stereocenters. The largest absolute Gasteiger partial charge is 0.512 e.